The maximum atomic E-state index is 12.1. The molecule has 0 saturated carbocycles. The number of aryl methyl sites for hydroxylation is 1. The van der Waals surface area contributed by atoms with Crippen molar-refractivity contribution in [3.05, 3.63) is 41.6 Å². The highest BCUT2D eigenvalue weighted by Gasteiger charge is 2.13. The fourth-order valence-electron chi connectivity index (χ4n) is 1.78. The second kappa shape index (κ2) is 6.97. The molecule has 0 radical (unpaired) electrons. The van der Waals surface area contributed by atoms with Crippen LogP contribution in [-0.4, -0.2) is 26.3 Å². The molecule has 2 N–H and O–H groups in total. The Balaban J connectivity index is 2.12. The molecule has 0 aliphatic heterocycles. The van der Waals surface area contributed by atoms with Crippen LogP contribution in [0, 0.1) is 6.92 Å². The summed E-state index contributed by atoms with van der Waals surface area (Å²) in [6.45, 7) is 1.79. The van der Waals surface area contributed by atoms with Crippen molar-refractivity contribution in [1.82, 2.24) is 18.8 Å². The second-order valence-corrected chi connectivity index (χ2v) is 6.94. The summed E-state index contributed by atoms with van der Waals surface area (Å²) in [6, 6.07) is 9.28. The van der Waals surface area contributed by atoms with Gasteiger partial charge in [-0.2, -0.15) is 2.95 Å². The Labute approximate surface area is 138 Å². The summed E-state index contributed by atoms with van der Waals surface area (Å²) in [5.41, 5.74) is 6.53. The van der Waals surface area contributed by atoms with Gasteiger partial charge in [0, 0.05) is 37.7 Å². The first kappa shape index (κ1) is 15.9. The molecule has 2 amide bonds. The van der Waals surface area contributed by atoms with Crippen LogP contribution in [0.15, 0.2) is 30.3 Å². The zero-order chi connectivity index (χ0) is 15.4. The molecule has 1 aromatic carbocycles. The molecule has 0 atom stereocenters. The van der Waals surface area contributed by atoms with Gasteiger partial charge in [-0.25, -0.2) is 0 Å². The van der Waals surface area contributed by atoms with Crippen LogP contribution in [0.1, 0.15) is 16.1 Å². The third-order valence-electron chi connectivity index (χ3n) is 2.74. The number of nitrogens with zero attached hydrogens (tertiary/aromatic N) is 2. The predicted molar refractivity (Wildman–Crippen MR) is 86.6 cm³/mol. The summed E-state index contributed by atoms with van der Waals surface area (Å²) >= 11 is 6.06. The van der Waals surface area contributed by atoms with Crippen LogP contribution < -0.4 is 10.9 Å². The number of pyridine rings is 1. The number of benzene rings is 1. The van der Waals surface area contributed by atoms with E-state index in [4.69, 9.17) is 0 Å². The van der Waals surface area contributed by atoms with Crippen molar-refractivity contribution >= 4 is 55.0 Å². The first-order valence-electron chi connectivity index (χ1n) is 6.02. The number of rotatable bonds is 3. The van der Waals surface area contributed by atoms with E-state index < -0.39 is 5.91 Å². The summed E-state index contributed by atoms with van der Waals surface area (Å²) in [4.78, 5) is 27.9. The number of carbonyl (C=O) groups excluding carboxylic acids is 2. The lowest BCUT2D eigenvalue weighted by Crippen LogP contribution is -2.44. The van der Waals surface area contributed by atoms with Crippen LogP contribution in [0.25, 0.3) is 10.9 Å². The van der Waals surface area contributed by atoms with Crippen LogP contribution in [0.2, 0.25) is 0 Å². The van der Waals surface area contributed by atoms with Gasteiger partial charge in [0.2, 0.25) is 0 Å². The summed E-state index contributed by atoms with van der Waals surface area (Å²) in [5.74, 6) is -0.779. The fourth-order valence-corrected chi connectivity index (χ4v) is 2.24. The van der Waals surface area contributed by atoms with E-state index in [0.29, 0.717) is 11.3 Å². The van der Waals surface area contributed by atoms with E-state index >= 15 is 0 Å². The van der Waals surface area contributed by atoms with E-state index in [9.17, 15) is 9.59 Å². The molecule has 21 heavy (non-hydrogen) atoms. The van der Waals surface area contributed by atoms with E-state index in [-0.39, 0.29) is 12.5 Å². The highest BCUT2D eigenvalue weighted by atomic mass is 79.9. The van der Waals surface area contributed by atoms with Crippen molar-refractivity contribution in [1.29, 1.82) is 0 Å². The molecule has 0 aliphatic carbocycles. The average molecular weight is 416 g/mol. The maximum Gasteiger partial charge on any atom is 0.271 e. The normalized spacial score (nSPS) is 10.7. The minimum absolute atomic E-state index is 0.0369. The standard InChI is InChI=1S/C13H12Br2N4O2/c1-8-10(6-9-4-2-3-5-11(9)16-8)13(21)18-17-12(20)7-19(14)15/h2-6H,7H2,1H3,(H,17,20)(H,18,21). The molecule has 0 aliphatic rings. The van der Waals surface area contributed by atoms with Crippen LogP contribution in [-0.2, 0) is 4.79 Å². The van der Waals surface area contributed by atoms with Crippen molar-refractivity contribution in [3.63, 3.8) is 0 Å². The summed E-state index contributed by atoms with van der Waals surface area (Å²) in [5, 5.41) is 0.867. The fraction of sp³-hybridized carbons (Fsp3) is 0.154. The molecule has 0 saturated heterocycles. The highest BCUT2D eigenvalue weighted by Crippen LogP contribution is 2.16. The summed E-state index contributed by atoms with van der Waals surface area (Å²) in [6.07, 6.45) is 0. The molecule has 2 aromatic rings. The molecular formula is C13H12Br2N4O2. The lowest BCUT2D eigenvalue weighted by molar-refractivity contribution is -0.121. The van der Waals surface area contributed by atoms with Gasteiger partial charge in [-0.15, -0.1) is 0 Å². The van der Waals surface area contributed by atoms with Gasteiger partial charge in [0.15, 0.2) is 0 Å². The van der Waals surface area contributed by atoms with Gasteiger partial charge in [0.25, 0.3) is 11.8 Å². The Kier molecular flexibility index (Phi) is 5.27. The minimum atomic E-state index is -0.408. The number of nitrogens with one attached hydrogen (secondary N) is 2. The number of halogens is 2. The van der Waals surface area contributed by atoms with Crippen LogP contribution in [0.5, 0.6) is 0 Å². The van der Waals surface area contributed by atoms with Gasteiger partial charge in [-0.1, -0.05) is 18.2 Å². The first-order chi connectivity index (χ1) is 9.97. The smallest absolute Gasteiger partial charge is 0.271 e. The van der Waals surface area contributed by atoms with Crippen LogP contribution in [0.3, 0.4) is 0 Å². The number of hydrogen-bond donors (Lipinski definition) is 2. The molecule has 2 rings (SSSR count). The van der Waals surface area contributed by atoms with Crippen molar-refractivity contribution < 1.29 is 9.59 Å². The van der Waals surface area contributed by atoms with Crippen LogP contribution >= 0.6 is 32.3 Å². The van der Waals surface area contributed by atoms with Gasteiger partial charge in [-0.3, -0.25) is 25.4 Å². The summed E-state index contributed by atoms with van der Waals surface area (Å²) < 4.78 is 1.34. The molecule has 1 heterocycles. The Bertz CT molecular complexity index is 691. The molecule has 0 unspecified atom stereocenters. The van der Waals surface area contributed by atoms with Crippen molar-refractivity contribution in [3.8, 4) is 0 Å². The maximum absolute atomic E-state index is 12.1. The summed E-state index contributed by atoms with van der Waals surface area (Å²) in [7, 11) is 0. The minimum Gasteiger partial charge on any atom is -0.272 e. The number of carbonyl (C=O) groups is 2. The van der Waals surface area contributed by atoms with Gasteiger partial charge in [0.05, 0.1) is 16.8 Å². The zero-order valence-corrected chi connectivity index (χ0v) is 14.2. The van der Waals surface area contributed by atoms with Crippen molar-refractivity contribution in [2.24, 2.45) is 0 Å². The van der Waals surface area contributed by atoms with Crippen LogP contribution in [0.4, 0.5) is 0 Å². The highest BCUT2D eigenvalue weighted by molar-refractivity contribution is 9.21. The van der Waals surface area contributed by atoms with Gasteiger partial charge in [0.1, 0.15) is 6.54 Å². The zero-order valence-electron chi connectivity index (χ0n) is 11.1. The molecule has 0 bridgehead atoms. The van der Waals surface area contributed by atoms with E-state index in [0.717, 1.165) is 10.9 Å². The number of fused-ring (bicyclic) bond motifs is 1. The largest absolute Gasteiger partial charge is 0.272 e. The number of hydrogen-bond acceptors (Lipinski definition) is 4. The quantitative estimate of drug-likeness (QED) is 0.595. The lowest BCUT2D eigenvalue weighted by atomic mass is 10.1. The van der Waals surface area contributed by atoms with Gasteiger partial charge < -0.3 is 0 Å². The molecule has 1 aromatic heterocycles. The van der Waals surface area contributed by atoms with E-state index in [2.05, 4.69) is 48.1 Å². The monoisotopic (exact) mass is 414 g/mol. The Morgan fingerprint density at radius 2 is 1.95 bits per heavy atom. The second-order valence-electron chi connectivity index (χ2n) is 4.28. The lowest BCUT2D eigenvalue weighted by Gasteiger charge is -2.10. The third-order valence-corrected chi connectivity index (χ3v) is 3.24. The number of amides is 2. The predicted octanol–water partition coefficient (Wildman–Crippen LogP) is 2.23. The first-order valence-corrected chi connectivity index (χ1v) is 7.44. The Morgan fingerprint density at radius 1 is 1.24 bits per heavy atom. The Morgan fingerprint density at radius 3 is 2.67 bits per heavy atom. The number of para-hydroxylation sites is 1. The molecule has 8 heteroatoms. The Hall–Kier alpha value is -1.51. The molecule has 0 spiro atoms. The number of hydrazine groups is 1. The SMILES string of the molecule is Cc1nc2ccccc2cc1C(=O)NNC(=O)CN(Br)Br. The van der Waals surface area contributed by atoms with E-state index in [1.54, 1.807) is 13.0 Å². The number of aromatic nitrogens is 1. The molecule has 6 nitrogen and oxygen atoms in total. The van der Waals surface area contributed by atoms with Crippen molar-refractivity contribution in [2.45, 2.75) is 6.92 Å². The topological polar surface area (TPSA) is 74.3 Å². The average Bonchev–Trinajstić information content (AvgIpc) is 2.43. The van der Waals surface area contributed by atoms with Gasteiger partial charge in [-0.05, 0) is 19.1 Å². The molecular weight excluding hydrogens is 404 g/mol. The van der Waals surface area contributed by atoms with E-state index in [1.807, 2.05) is 24.3 Å². The molecule has 110 valence electrons. The van der Waals surface area contributed by atoms with E-state index in [1.165, 1.54) is 2.95 Å². The van der Waals surface area contributed by atoms with Crippen molar-refractivity contribution in [2.75, 3.05) is 6.54 Å². The van der Waals surface area contributed by atoms with Gasteiger partial charge >= 0.3 is 0 Å². The third kappa shape index (κ3) is 4.23. The molecule has 0 fully saturated rings.